The van der Waals surface area contributed by atoms with Crippen molar-refractivity contribution in [3.05, 3.63) is 58.6 Å². The molecule has 0 aromatic heterocycles. The molecule has 1 atom stereocenters. The van der Waals surface area contributed by atoms with Crippen molar-refractivity contribution in [3.63, 3.8) is 0 Å². The van der Waals surface area contributed by atoms with Crippen LogP contribution in [0.1, 0.15) is 0 Å². The summed E-state index contributed by atoms with van der Waals surface area (Å²) in [6.07, 6.45) is 1.06. The van der Waals surface area contributed by atoms with Crippen LogP contribution in [0.2, 0.25) is 0 Å². The van der Waals surface area contributed by atoms with Crippen molar-refractivity contribution in [2.45, 2.75) is 0 Å². The van der Waals surface area contributed by atoms with Gasteiger partial charge >= 0.3 is 6.03 Å². The second kappa shape index (κ2) is 7.66. The maximum atomic E-state index is 12.7. The van der Waals surface area contributed by atoms with Crippen molar-refractivity contribution < 1.29 is 24.0 Å². The zero-order valence-corrected chi connectivity index (χ0v) is 14.6. The maximum absolute atomic E-state index is 12.7. The van der Waals surface area contributed by atoms with Crippen LogP contribution >= 0.6 is 0 Å². The molecule has 0 spiro atoms. The number of hydrogen-bond acceptors (Lipinski definition) is 7. The average molecular weight is 382 g/mol. The van der Waals surface area contributed by atoms with E-state index in [1.807, 2.05) is 0 Å². The van der Waals surface area contributed by atoms with Crippen molar-refractivity contribution in [2.75, 3.05) is 12.0 Å². The number of benzene rings is 2. The van der Waals surface area contributed by atoms with E-state index in [0.717, 1.165) is 11.1 Å². The first kappa shape index (κ1) is 18.7. The largest absolute Gasteiger partial charge is 0.497 e. The minimum Gasteiger partial charge on any atom is -0.497 e. The Kier molecular flexibility index (Phi) is 5.12. The zero-order valence-electron chi connectivity index (χ0n) is 14.6. The fourth-order valence-electron chi connectivity index (χ4n) is 2.55. The molecule has 2 aromatic carbocycles. The van der Waals surface area contributed by atoms with E-state index in [1.54, 1.807) is 12.1 Å². The van der Waals surface area contributed by atoms with Gasteiger partial charge in [0.25, 0.3) is 11.6 Å². The van der Waals surface area contributed by atoms with Gasteiger partial charge < -0.3 is 4.74 Å². The van der Waals surface area contributed by atoms with Crippen LogP contribution in [0.5, 0.6) is 5.75 Å². The number of nitro groups is 1. The number of nitrogens with one attached hydrogen (secondary N) is 1. The number of methoxy groups -OCH3 is 1. The molecule has 1 unspecified atom stereocenters. The first-order valence-electron chi connectivity index (χ1n) is 8.02. The van der Waals surface area contributed by atoms with Gasteiger partial charge in [-0.15, -0.1) is 0 Å². The quantitative estimate of drug-likeness (QED) is 0.365. The predicted octanol–water partition coefficient (Wildman–Crippen LogP) is 2.20. The molecule has 2 aromatic rings. The van der Waals surface area contributed by atoms with Gasteiger partial charge in [0.05, 0.1) is 23.4 Å². The molecule has 1 fully saturated rings. The van der Waals surface area contributed by atoms with Gasteiger partial charge in [-0.1, -0.05) is 6.07 Å². The van der Waals surface area contributed by atoms with Crippen molar-refractivity contribution in [2.24, 2.45) is 10.9 Å². The van der Waals surface area contributed by atoms with E-state index in [9.17, 15) is 24.5 Å². The van der Waals surface area contributed by atoms with Crippen molar-refractivity contribution >= 4 is 41.1 Å². The summed E-state index contributed by atoms with van der Waals surface area (Å²) in [6, 6.07) is 10.7. The number of ether oxygens (including phenoxy) is 1. The second-order valence-corrected chi connectivity index (χ2v) is 5.70. The van der Waals surface area contributed by atoms with Crippen LogP contribution < -0.4 is 15.0 Å². The number of nitrogens with zero attached hydrogens (tertiary/aromatic N) is 3. The molecular formula is C18H14N4O6. The molecule has 1 aliphatic heterocycles. The van der Waals surface area contributed by atoms with Crippen LogP contribution in [0, 0.1) is 16.0 Å². The molecule has 1 aliphatic rings. The fraction of sp³-hybridized carbons (Fsp3) is 0.111. The van der Waals surface area contributed by atoms with Crippen LogP contribution in [0.4, 0.5) is 21.9 Å². The molecule has 10 heteroatoms. The lowest BCUT2D eigenvalue weighted by molar-refractivity contribution is -0.384. The molecule has 0 saturated carbocycles. The number of nitro benzene ring substituents is 1. The molecule has 1 heterocycles. The highest BCUT2D eigenvalue weighted by atomic mass is 16.6. The van der Waals surface area contributed by atoms with Gasteiger partial charge in [-0.3, -0.25) is 30.0 Å². The van der Waals surface area contributed by atoms with Gasteiger partial charge in [0.2, 0.25) is 5.91 Å². The Labute approximate surface area is 158 Å². The molecule has 0 radical (unpaired) electrons. The molecule has 0 bridgehead atoms. The van der Waals surface area contributed by atoms with Gasteiger partial charge in [-0.05, 0) is 30.3 Å². The summed E-state index contributed by atoms with van der Waals surface area (Å²) in [7, 11) is 1.48. The normalized spacial score (nSPS) is 17.0. The minimum atomic E-state index is -1.36. The molecule has 0 aliphatic carbocycles. The second-order valence-electron chi connectivity index (χ2n) is 5.70. The lowest BCUT2D eigenvalue weighted by atomic mass is 10.1. The number of aliphatic imine (C=N–C) groups is 1. The van der Waals surface area contributed by atoms with Gasteiger partial charge in [0.1, 0.15) is 5.75 Å². The smallest absolute Gasteiger partial charge is 0.335 e. The van der Waals surface area contributed by atoms with Crippen LogP contribution in [-0.4, -0.2) is 36.1 Å². The number of carbonyl (C=O) groups excluding carboxylic acids is 3. The summed E-state index contributed by atoms with van der Waals surface area (Å²) < 4.78 is 5.04. The Morgan fingerprint density at radius 2 is 1.89 bits per heavy atom. The highest BCUT2D eigenvalue weighted by molar-refractivity contribution is 6.32. The first-order chi connectivity index (χ1) is 13.4. The number of non-ortho nitro benzene ring substituents is 1. The van der Waals surface area contributed by atoms with E-state index >= 15 is 0 Å². The Morgan fingerprint density at radius 3 is 2.54 bits per heavy atom. The van der Waals surface area contributed by atoms with Crippen LogP contribution in [0.3, 0.4) is 0 Å². The number of urea groups is 1. The molecule has 1 N–H and O–H groups in total. The first-order valence-corrected chi connectivity index (χ1v) is 8.02. The van der Waals surface area contributed by atoms with Crippen molar-refractivity contribution in [3.8, 4) is 5.75 Å². The lowest BCUT2D eigenvalue weighted by Gasteiger charge is -2.28. The number of barbiturate groups is 1. The summed E-state index contributed by atoms with van der Waals surface area (Å²) in [5.74, 6) is -2.44. The number of anilines is 1. The molecule has 1 saturated heterocycles. The lowest BCUT2D eigenvalue weighted by Crippen LogP contribution is -2.58. The molecule has 142 valence electrons. The molecule has 3 rings (SSSR count). The number of hydrogen-bond donors (Lipinski definition) is 1. The van der Waals surface area contributed by atoms with E-state index < -0.39 is 28.7 Å². The van der Waals surface area contributed by atoms with Crippen LogP contribution in [0.15, 0.2) is 53.5 Å². The summed E-state index contributed by atoms with van der Waals surface area (Å²) in [4.78, 5) is 52.0. The third-order valence-corrected chi connectivity index (χ3v) is 3.95. The van der Waals surface area contributed by atoms with Crippen LogP contribution in [0.25, 0.3) is 0 Å². The van der Waals surface area contributed by atoms with E-state index in [-0.39, 0.29) is 17.1 Å². The molecule has 4 amide bonds. The summed E-state index contributed by atoms with van der Waals surface area (Å²) in [5.41, 5.74) is 0.274. The van der Waals surface area contributed by atoms with E-state index in [4.69, 9.17) is 4.74 Å². The summed E-state index contributed by atoms with van der Waals surface area (Å²) in [6.45, 7) is 0. The standard InChI is InChI=1S/C18H14N4O6/c1-28-14-7-5-12(6-8-14)21-17(24)15(16(23)20-18(21)25)10-19-11-3-2-4-13(9-11)22(26)27/h2-10,15H,1H3,(H,20,23,25). The van der Waals surface area contributed by atoms with Gasteiger partial charge in [-0.2, -0.15) is 0 Å². The highest BCUT2D eigenvalue weighted by Crippen LogP contribution is 2.24. The van der Waals surface area contributed by atoms with Crippen LogP contribution in [-0.2, 0) is 9.59 Å². The number of amides is 4. The monoisotopic (exact) mass is 382 g/mol. The van der Waals surface area contributed by atoms with Gasteiger partial charge in [0, 0.05) is 18.3 Å². The topological polar surface area (TPSA) is 131 Å². The maximum Gasteiger partial charge on any atom is 0.335 e. The van der Waals surface area contributed by atoms with Gasteiger partial charge in [0.15, 0.2) is 5.92 Å². The van der Waals surface area contributed by atoms with E-state index in [0.29, 0.717) is 5.75 Å². The summed E-state index contributed by atoms with van der Waals surface area (Å²) in [5, 5.41) is 12.9. The third-order valence-electron chi connectivity index (χ3n) is 3.95. The molecule has 28 heavy (non-hydrogen) atoms. The Balaban J connectivity index is 1.87. The van der Waals surface area contributed by atoms with Crippen molar-refractivity contribution in [1.29, 1.82) is 0 Å². The number of rotatable bonds is 5. The van der Waals surface area contributed by atoms with Crippen molar-refractivity contribution in [1.82, 2.24) is 5.32 Å². The Bertz CT molecular complexity index is 986. The SMILES string of the molecule is COc1ccc(N2C(=O)NC(=O)C(C=Nc3cccc([N+](=O)[O-])c3)C2=O)cc1. The van der Waals surface area contributed by atoms with E-state index in [1.165, 1.54) is 43.5 Å². The van der Waals surface area contributed by atoms with E-state index in [2.05, 4.69) is 10.3 Å². The zero-order chi connectivity index (χ0) is 20.3. The number of imide groups is 2. The third kappa shape index (κ3) is 3.70. The minimum absolute atomic E-state index is 0.177. The Hall–Kier alpha value is -4.08. The molecular weight excluding hydrogens is 368 g/mol. The highest BCUT2D eigenvalue weighted by Gasteiger charge is 2.40. The fourth-order valence-corrected chi connectivity index (χ4v) is 2.55. The summed E-state index contributed by atoms with van der Waals surface area (Å²) >= 11 is 0. The number of carbonyl (C=O) groups is 3. The van der Waals surface area contributed by atoms with Gasteiger partial charge in [-0.25, -0.2) is 9.69 Å². The Morgan fingerprint density at radius 1 is 1.18 bits per heavy atom. The average Bonchev–Trinajstić information content (AvgIpc) is 2.68. The molecule has 10 nitrogen and oxygen atoms in total. The predicted molar refractivity (Wildman–Crippen MR) is 98.8 cm³/mol.